The molecule has 2 aromatic rings. The SMILES string of the molecule is COC(=O)c1ccc2cc(S(=O)(=O)Cl)ccc2n1. The fourth-order valence-electron chi connectivity index (χ4n) is 1.47. The molecule has 0 aliphatic heterocycles. The van der Waals surface area contributed by atoms with Crippen molar-refractivity contribution in [1.82, 2.24) is 4.98 Å². The molecule has 0 bridgehead atoms. The van der Waals surface area contributed by atoms with E-state index in [1.807, 2.05) is 0 Å². The van der Waals surface area contributed by atoms with Crippen molar-refractivity contribution in [1.29, 1.82) is 0 Å². The van der Waals surface area contributed by atoms with E-state index in [0.29, 0.717) is 10.9 Å². The molecule has 0 unspecified atom stereocenters. The third kappa shape index (κ3) is 2.44. The minimum Gasteiger partial charge on any atom is -0.464 e. The van der Waals surface area contributed by atoms with Crippen LogP contribution in [0.4, 0.5) is 0 Å². The Morgan fingerprint density at radius 3 is 2.61 bits per heavy atom. The number of carbonyl (C=O) groups excluding carboxylic acids is 1. The summed E-state index contributed by atoms with van der Waals surface area (Å²) in [5.74, 6) is -0.550. The van der Waals surface area contributed by atoms with Crippen molar-refractivity contribution in [3.05, 3.63) is 36.0 Å². The van der Waals surface area contributed by atoms with Gasteiger partial charge in [0.2, 0.25) is 0 Å². The van der Waals surface area contributed by atoms with E-state index >= 15 is 0 Å². The molecule has 0 amide bonds. The molecule has 0 aliphatic rings. The van der Waals surface area contributed by atoms with Crippen LogP contribution in [-0.4, -0.2) is 26.5 Å². The van der Waals surface area contributed by atoms with Crippen LogP contribution < -0.4 is 0 Å². The van der Waals surface area contributed by atoms with Crippen LogP contribution in [0.25, 0.3) is 10.9 Å². The molecule has 2 rings (SSSR count). The second-order valence-corrected chi connectivity index (χ2v) is 6.05. The molecule has 0 saturated carbocycles. The Bertz CT molecular complexity index is 727. The molecule has 0 spiro atoms. The first-order chi connectivity index (χ1) is 8.41. The molecule has 0 radical (unpaired) electrons. The number of carbonyl (C=O) groups is 1. The minimum absolute atomic E-state index is 0.00992. The molecule has 1 aromatic carbocycles. The van der Waals surface area contributed by atoms with Gasteiger partial charge in [-0.25, -0.2) is 18.2 Å². The van der Waals surface area contributed by atoms with Gasteiger partial charge in [0, 0.05) is 16.1 Å². The molecule has 7 heteroatoms. The Hall–Kier alpha value is -1.66. The van der Waals surface area contributed by atoms with Gasteiger partial charge < -0.3 is 4.74 Å². The third-order valence-corrected chi connectivity index (χ3v) is 3.69. The summed E-state index contributed by atoms with van der Waals surface area (Å²) in [6.45, 7) is 0. The van der Waals surface area contributed by atoms with Crippen molar-refractivity contribution in [2.45, 2.75) is 4.90 Å². The predicted octanol–water partition coefficient (Wildman–Crippen LogP) is 1.95. The summed E-state index contributed by atoms with van der Waals surface area (Å²) in [5.41, 5.74) is 0.647. The summed E-state index contributed by atoms with van der Waals surface area (Å²) >= 11 is 0. The quantitative estimate of drug-likeness (QED) is 0.623. The van der Waals surface area contributed by atoms with Gasteiger partial charge in [0.15, 0.2) is 0 Å². The summed E-state index contributed by atoms with van der Waals surface area (Å²) in [5, 5.41) is 0.573. The van der Waals surface area contributed by atoms with Gasteiger partial charge in [0.1, 0.15) is 5.69 Å². The van der Waals surface area contributed by atoms with Crippen molar-refractivity contribution < 1.29 is 17.9 Å². The van der Waals surface area contributed by atoms with E-state index in [-0.39, 0.29) is 10.6 Å². The van der Waals surface area contributed by atoms with E-state index < -0.39 is 15.0 Å². The van der Waals surface area contributed by atoms with Crippen LogP contribution in [0.5, 0.6) is 0 Å². The van der Waals surface area contributed by atoms with E-state index in [0.717, 1.165) is 0 Å². The van der Waals surface area contributed by atoms with E-state index in [4.69, 9.17) is 10.7 Å². The Kier molecular flexibility index (Phi) is 3.23. The zero-order valence-corrected chi connectivity index (χ0v) is 10.8. The number of fused-ring (bicyclic) bond motifs is 1. The number of benzene rings is 1. The first kappa shape index (κ1) is 12.8. The molecule has 18 heavy (non-hydrogen) atoms. The molecule has 0 N–H and O–H groups in total. The number of nitrogens with zero attached hydrogens (tertiary/aromatic N) is 1. The van der Waals surface area contributed by atoms with Crippen LogP contribution in [0.1, 0.15) is 10.5 Å². The number of pyridine rings is 1. The molecule has 5 nitrogen and oxygen atoms in total. The smallest absolute Gasteiger partial charge is 0.356 e. The molecular formula is C11H8ClNO4S. The molecule has 0 fully saturated rings. The van der Waals surface area contributed by atoms with Gasteiger partial charge in [0.05, 0.1) is 17.5 Å². The first-order valence-electron chi connectivity index (χ1n) is 4.85. The van der Waals surface area contributed by atoms with Crippen molar-refractivity contribution in [3.63, 3.8) is 0 Å². The van der Waals surface area contributed by atoms with Gasteiger partial charge in [-0.2, -0.15) is 0 Å². The summed E-state index contributed by atoms with van der Waals surface area (Å²) in [7, 11) is 2.73. The third-order valence-electron chi connectivity index (χ3n) is 2.34. The Morgan fingerprint density at radius 2 is 2.00 bits per heavy atom. The molecule has 0 aliphatic carbocycles. The fourth-order valence-corrected chi connectivity index (χ4v) is 2.26. The zero-order valence-electron chi connectivity index (χ0n) is 9.25. The van der Waals surface area contributed by atoms with Crippen LogP contribution in [0.3, 0.4) is 0 Å². The maximum absolute atomic E-state index is 11.3. The lowest BCUT2D eigenvalue weighted by Gasteiger charge is -2.02. The van der Waals surface area contributed by atoms with Crippen molar-refractivity contribution >= 4 is 36.6 Å². The highest BCUT2D eigenvalue weighted by molar-refractivity contribution is 8.13. The van der Waals surface area contributed by atoms with Gasteiger partial charge in [0.25, 0.3) is 9.05 Å². The normalized spacial score (nSPS) is 11.4. The minimum atomic E-state index is -3.77. The van der Waals surface area contributed by atoms with Crippen molar-refractivity contribution in [2.24, 2.45) is 0 Å². The van der Waals surface area contributed by atoms with Crippen LogP contribution in [0.2, 0.25) is 0 Å². The monoisotopic (exact) mass is 285 g/mol. The number of ether oxygens (including phenoxy) is 1. The number of hydrogen-bond acceptors (Lipinski definition) is 5. The second-order valence-electron chi connectivity index (χ2n) is 3.48. The van der Waals surface area contributed by atoms with Crippen LogP contribution in [0.15, 0.2) is 35.2 Å². The van der Waals surface area contributed by atoms with Gasteiger partial charge in [-0.3, -0.25) is 0 Å². The Balaban J connectivity index is 2.59. The molecular weight excluding hydrogens is 278 g/mol. The van der Waals surface area contributed by atoms with Gasteiger partial charge in [-0.1, -0.05) is 6.07 Å². The lowest BCUT2D eigenvalue weighted by atomic mass is 10.2. The number of hydrogen-bond donors (Lipinski definition) is 0. The van der Waals surface area contributed by atoms with E-state index in [1.165, 1.54) is 31.4 Å². The van der Waals surface area contributed by atoms with E-state index in [1.54, 1.807) is 6.07 Å². The fraction of sp³-hybridized carbons (Fsp3) is 0.0909. The van der Waals surface area contributed by atoms with Crippen LogP contribution >= 0.6 is 10.7 Å². The Labute approximate surface area is 108 Å². The van der Waals surface area contributed by atoms with Gasteiger partial charge in [-0.05, 0) is 24.3 Å². The van der Waals surface area contributed by atoms with Crippen molar-refractivity contribution in [2.75, 3.05) is 7.11 Å². The summed E-state index contributed by atoms with van der Waals surface area (Å²) < 4.78 is 26.9. The predicted molar refractivity (Wildman–Crippen MR) is 66.1 cm³/mol. The second kappa shape index (κ2) is 4.55. The highest BCUT2D eigenvalue weighted by Crippen LogP contribution is 2.21. The van der Waals surface area contributed by atoms with Gasteiger partial charge >= 0.3 is 5.97 Å². The molecule has 0 saturated heterocycles. The summed E-state index contributed by atoms with van der Waals surface area (Å²) in [4.78, 5) is 15.3. The van der Waals surface area contributed by atoms with Crippen molar-refractivity contribution in [3.8, 4) is 0 Å². The summed E-state index contributed by atoms with van der Waals surface area (Å²) in [6, 6.07) is 7.25. The molecule has 1 aromatic heterocycles. The number of rotatable bonds is 2. The maximum Gasteiger partial charge on any atom is 0.356 e. The largest absolute Gasteiger partial charge is 0.464 e. The lowest BCUT2D eigenvalue weighted by molar-refractivity contribution is 0.0594. The standard InChI is InChI=1S/C11H8ClNO4S/c1-17-11(14)10-4-2-7-6-8(18(12,15)16)3-5-9(7)13-10/h2-6H,1H3. The maximum atomic E-state index is 11.3. The van der Waals surface area contributed by atoms with Crippen LogP contribution in [0, 0.1) is 0 Å². The lowest BCUT2D eigenvalue weighted by Crippen LogP contribution is -2.04. The van der Waals surface area contributed by atoms with Gasteiger partial charge in [-0.15, -0.1) is 0 Å². The average Bonchev–Trinajstić information content (AvgIpc) is 2.35. The Morgan fingerprint density at radius 1 is 1.28 bits per heavy atom. The van der Waals surface area contributed by atoms with E-state index in [9.17, 15) is 13.2 Å². The number of halogens is 1. The number of esters is 1. The number of aromatic nitrogens is 1. The molecule has 94 valence electrons. The number of methoxy groups -OCH3 is 1. The average molecular weight is 286 g/mol. The van der Waals surface area contributed by atoms with E-state index in [2.05, 4.69) is 9.72 Å². The van der Waals surface area contributed by atoms with Crippen LogP contribution in [-0.2, 0) is 13.8 Å². The molecule has 1 heterocycles. The zero-order chi connectivity index (χ0) is 13.3. The topological polar surface area (TPSA) is 73.3 Å². The molecule has 0 atom stereocenters. The highest BCUT2D eigenvalue weighted by Gasteiger charge is 2.12. The first-order valence-corrected chi connectivity index (χ1v) is 7.16. The summed E-state index contributed by atoms with van der Waals surface area (Å²) in [6.07, 6.45) is 0. The highest BCUT2D eigenvalue weighted by atomic mass is 35.7.